The zero-order valence-corrected chi connectivity index (χ0v) is 66.5. The lowest BCUT2D eigenvalue weighted by molar-refractivity contribution is 0.534. The Morgan fingerprint density at radius 1 is 0.250 bits per heavy atom. The fraction of sp³-hybridized carbons (Fsp3) is 0.125. The number of aryl methyl sites for hydroxylation is 12. The van der Waals surface area contributed by atoms with Crippen molar-refractivity contribution in [3.63, 3.8) is 0 Å². The van der Waals surface area contributed by atoms with Crippen molar-refractivity contribution in [3.8, 4) is 43.8 Å². The second-order valence-corrected chi connectivity index (χ2v) is 32.1. The first kappa shape index (κ1) is 78.1. The molecule has 0 spiro atoms. The number of fused-ring (bicyclic) bond motifs is 4. The molecule has 0 radical (unpaired) electrons. The standard InChI is InChI=1S/2C21H16.2C11H10S.2C6H8S.2C5H6O.2C5H6S/c1-15-7-6-10-18(13-15)21-19-11-4-2-8-16(19)14-17-9-3-5-12-20(17)21;1-15-10-12-16(13-11-15)21-19-8-4-2-6-17(19)14-18-7-3-5-9-20(18)21;1-9-7-11(8-12-9)10-5-3-2-4-6-10;1-9-7-8-11(12-9)10-5-3-2-4-6-10;1-5-3-6(2)7-4-5;1-5-3-4-6(2)7-5;1-5-2-3-6-4-5;1-5-3-2-4-6-5;1-5-2-3-6-4-5;1-5-3-2-4-6-5/h2*2-14H,1H3;2*2-8H,1H3;2*3-4H,1-2H3;4*2-4H,1H3. The first-order valence-electron chi connectivity index (χ1n) is 34.7. The van der Waals surface area contributed by atoms with Crippen molar-refractivity contribution < 1.29 is 8.83 Å². The summed E-state index contributed by atoms with van der Waals surface area (Å²) in [5.74, 6) is 0.968. The Bertz CT molecular complexity index is 4990. The molecular formula is C96H92O2S6. The molecule has 524 valence electrons. The van der Waals surface area contributed by atoms with Crippen molar-refractivity contribution in [1.29, 1.82) is 0 Å². The fourth-order valence-corrected chi connectivity index (χ4v) is 15.4. The Balaban J connectivity index is 0.000000140. The molecule has 0 saturated carbocycles. The highest BCUT2D eigenvalue weighted by Crippen LogP contribution is 2.38. The van der Waals surface area contributed by atoms with Crippen LogP contribution in [-0.2, 0) is 0 Å². The Kier molecular flexibility index (Phi) is 31.1. The molecule has 10 aromatic carbocycles. The summed E-state index contributed by atoms with van der Waals surface area (Å²) in [7, 11) is 0. The maximum Gasteiger partial charge on any atom is 0.100 e. The highest BCUT2D eigenvalue weighted by Gasteiger charge is 2.11. The largest absolute Gasteiger partial charge is 0.472 e. The maximum atomic E-state index is 4.83. The number of hydrogen-bond acceptors (Lipinski definition) is 8. The van der Waals surface area contributed by atoms with Crippen molar-refractivity contribution in [2.75, 3.05) is 0 Å². The van der Waals surface area contributed by atoms with E-state index in [2.05, 4.69) is 357 Å². The quantitative estimate of drug-likeness (QED) is 0.164. The molecule has 8 heteroatoms. The van der Waals surface area contributed by atoms with Gasteiger partial charge in [-0.1, -0.05) is 223 Å². The topological polar surface area (TPSA) is 26.3 Å². The molecule has 0 aliphatic heterocycles. The monoisotopic (exact) mass is 1470 g/mol. The fourth-order valence-electron chi connectivity index (χ4n) is 11.1. The number of hydrogen-bond donors (Lipinski definition) is 0. The van der Waals surface area contributed by atoms with Crippen LogP contribution in [0.5, 0.6) is 0 Å². The molecule has 0 atom stereocenters. The minimum atomic E-state index is 0.968. The van der Waals surface area contributed by atoms with Gasteiger partial charge in [-0.15, -0.1) is 56.7 Å². The maximum absolute atomic E-state index is 4.83. The number of rotatable bonds is 4. The number of furan rings is 2. The molecule has 0 N–H and O–H groups in total. The van der Waals surface area contributed by atoms with Crippen molar-refractivity contribution in [3.05, 3.63) is 400 Å². The Labute approximate surface area is 641 Å². The van der Waals surface area contributed by atoms with Gasteiger partial charge in [0, 0.05) is 34.1 Å². The van der Waals surface area contributed by atoms with Crippen molar-refractivity contribution in [2.45, 2.75) is 83.1 Å². The molecule has 18 rings (SSSR count). The Hall–Kier alpha value is -10.0. The van der Waals surface area contributed by atoms with Crippen LogP contribution in [-0.4, -0.2) is 0 Å². The SMILES string of the molecule is Cc1cc(-c2ccccc2)cs1.Cc1ccc(-c2c3ccccc3cc3ccccc23)cc1.Cc1ccc(-c2ccccc2)s1.Cc1ccc(C)s1.Cc1cccc(-c2c3ccccc3cc3ccccc23)c1.Cc1ccco1.Cc1cccs1.Cc1ccoc1.Cc1ccsc1.Cc1csc(C)c1. The lowest BCUT2D eigenvalue weighted by atomic mass is 9.91. The highest BCUT2D eigenvalue weighted by atomic mass is 32.1. The summed E-state index contributed by atoms with van der Waals surface area (Å²) in [6.07, 6.45) is 5.03. The molecule has 8 aromatic heterocycles. The van der Waals surface area contributed by atoms with Crippen molar-refractivity contribution in [2.24, 2.45) is 0 Å². The first-order chi connectivity index (χ1) is 50.5. The van der Waals surface area contributed by atoms with Gasteiger partial charge in [0.05, 0.1) is 18.8 Å². The average molecular weight is 1470 g/mol. The lowest BCUT2D eigenvalue weighted by Crippen LogP contribution is -1.86. The van der Waals surface area contributed by atoms with Gasteiger partial charge in [0.25, 0.3) is 0 Å². The molecule has 0 saturated heterocycles. The summed E-state index contributed by atoms with van der Waals surface area (Å²) < 4.78 is 9.55. The zero-order chi connectivity index (χ0) is 73.4. The van der Waals surface area contributed by atoms with Gasteiger partial charge in [-0.2, -0.15) is 11.3 Å². The van der Waals surface area contributed by atoms with E-state index >= 15 is 0 Å². The van der Waals surface area contributed by atoms with Gasteiger partial charge in [0.1, 0.15) is 5.76 Å². The van der Waals surface area contributed by atoms with E-state index in [1.807, 2.05) is 66.9 Å². The van der Waals surface area contributed by atoms with Gasteiger partial charge in [-0.25, -0.2) is 0 Å². The second-order valence-electron chi connectivity index (χ2n) is 25.2. The van der Waals surface area contributed by atoms with Gasteiger partial charge in [0.15, 0.2) is 0 Å². The summed E-state index contributed by atoms with van der Waals surface area (Å²) in [6, 6.07) is 103. The van der Waals surface area contributed by atoms with E-state index in [-0.39, 0.29) is 0 Å². The van der Waals surface area contributed by atoms with E-state index in [1.165, 1.54) is 144 Å². The predicted octanol–water partition coefficient (Wildman–Crippen LogP) is 31.4. The van der Waals surface area contributed by atoms with E-state index in [0.29, 0.717) is 0 Å². The molecule has 2 nitrogen and oxygen atoms in total. The molecule has 18 aromatic rings. The molecule has 8 heterocycles. The van der Waals surface area contributed by atoms with Gasteiger partial charge in [-0.3, -0.25) is 0 Å². The van der Waals surface area contributed by atoms with Crippen molar-refractivity contribution in [1.82, 2.24) is 0 Å². The van der Waals surface area contributed by atoms with Crippen LogP contribution in [0.2, 0.25) is 0 Å². The Morgan fingerprint density at radius 3 is 1.12 bits per heavy atom. The van der Waals surface area contributed by atoms with Gasteiger partial charge < -0.3 is 8.83 Å². The average Bonchev–Trinajstić information content (AvgIpc) is 0.943. The van der Waals surface area contributed by atoms with E-state index in [4.69, 9.17) is 8.83 Å². The minimum Gasteiger partial charge on any atom is -0.472 e. The van der Waals surface area contributed by atoms with Gasteiger partial charge in [0.2, 0.25) is 0 Å². The third-order valence-corrected chi connectivity index (χ3v) is 21.6. The molecule has 0 unspecified atom stereocenters. The van der Waals surface area contributed by atoms with Crippen LogP contribution in [0.15, 0.2) is 346 Å². The van der Waals surface area contributed by atoms with E-state index in [1.54, 1.807) is 64.1 Å². The second kappa shape index (κ2) is 41.3. The smallest absolute Gasteiger partial charge is 0.100 e. The first-order valence-corrected chi connectivity index (χ1v) is 39.9. The van der Waals surface area contributed by atoms with Crippen LogP contribution in [0.3, 0.4) is 0 Å². The zero-order valence-electron chi connectivity index (χ0n) is 61.6. The molecule has 0 amide bonds. The third-order valence-electron chi connectivity index (χ3n) is 16.2. The summed E-state index contributed by atoms with van der Waals surface area (Å²) in [5, 5.41) is 21.1. The summed E-state index contributed by atoms with van der Waals surface area (Å²) in [5.41, 5.74) is 15.7. The molecule has 0 fully saturated rings. The van der Waals surface area contributed by atoms with Crippen LogP contribution < -0.4 is 0 Å². The summed E-state index contributed by atoms with van der Waals surface area (Å²) >= 11 is 10.8. The van der Waals surface area contributed by atoms with Crippen LogP contribution in [0.4, 0.5) is 0 Å². The predicted molar refractivity (Wildman–Crippen MR) is 465 cm³/mol. The van der Waals surface area contributed by atoms with Crippen LogP contribution in [0, 0.1) is 83.1 Å². The molecule has 0 aliphatic rings. The van der Waals surface area contributed by atoms with Gasteiger partial charge in [-0.05, 0) is 288 Å². The van der Waals surface area contributed by atoms with Crippen LogP contribution in [0.1, 0.15) is 62.8 Å². The molecule has 104 heavy (non-hydrogen) atoms. The van der Waals surface area contributed by atoms with E-state index in [9.17, 15) is 0 Å². The molecular weight excluding hydrogens is 1380 g/mol. The van der Waals surface area contributed by atoms with Crippen LogP contribution in [0.25, 0.3) is 86.9 Å². The molecule has 0 aliphatic carbocycles. The van der Waals surface area contributed by atoms with E-state index < -0.39 is 0 Å². The van der Waals surface area contributed by atoms with Crippen LogP contribution >= 0.6 is 68.0 Å². The summed E-state index contributed by atoms with van der Waals surface area (Å²) in [4.78, 5) is 9.68. The number of thiophene rings is 6. The number of benzene rings is 10. The van der Waals surface area contributed by atoms with E-state index in [0.717, 1.165) is 5.76 Å². The third kappa shape index (κ3) is 25.2. The van der Waals surface area contributed by atoms with Gasteiger partial charge >= 0.3 is 0 Å². The summed E-state index contributed by atoms with van der Waals surface area (Å²) in [6.45, 7) is 25.1. The van der Waals surface area contributed by atoms with Crippen molar-refractivity contribution >= 4 is 111 Å². The minimum absolute atomic E-state index is 0.968. The lowest BCUT2D eigenvalue weighted by Gasteiger charge is -2.12. The highest BCUT2D eigenvalue weighted by molar-refractivity contribution is 7.15. The normalized spacial score (nSPS) is 10.1. The molecule has 0 bridgehead atoms. The Morgan fingerprint density at radius 2 is 0.769 bits per heavy atom.